The summed E-state index contributed by atoms with van der Waals surface area (Å²) in [6, 6.07) is 14.1. The van der Waals surface area contributed by atoms with Gasteiger partial charge in [-0.3, -0.25) is 0 Å². The maximum Gasteiger partial charge on any atom is 0.573 e. The van der Waals surface area contributed by atoms with Crippen molar-refractivity contribution in [2.24, 2.45) is 0 Å². The van der Waals surface area contributed by atoms with Crippen LogP contribution in [0.1, 0.15) is 32.1 Å². The third-order valence-electron chi connectivity index (χ3n) is 3.84. The Morgan fingerprint density at radius 3 is 2.00 bits per heavy atom. The lowest BCUT2D eigenvalue weighted by atomic mass is 9.94. The van der Waals surface area contributed by atoms with Gasteiger partial charge in [0, 0.05) is 11.5 Å². The van der Waals surface area contributed by atoms with Crippen LogP contribution in [0.2, 0.25) is 0 Å². The molecular weight excluding hydrogens is 387 g/mol. The fourth-order valence-electron chi connectivity index (χ4n) is 2.34. The van der Waals surface area contributed by atoms with Gasteiger partial charge >= 0.3 is 6.36 Å². The number of hydrogen-bond donors (Lipinski definition) is 0. The molecule has 0 aliphatic heterocycles. The van der Waals surface area contributed by atoms with Crippen LogP contribution in [0.15, 0.2) is 59.1 Å². The molecule has 0 bridgehead atoms. The van der Waals surface area contributed by atoms with Crippen molar-refractivity contribution >= 4 is 0 Å². The topological polar surface area (TPSA) is 53.7 Å². The molecule has 0 atom stereocenters. The summed E-state index contributed by atoms with van der Waals surface area (Å²) in [5.74, 6) is 1.97. The first-order valence-electron chi connectivity index (χ1n) is 8.81. The lowest BCUT2D eigenvalue weighted by Crippen LogP contribution is -2.17. The van der Waals surface area contributed by atoms with E-state index >= 15 is 0 Å². The van der Waals surface area contributed by atoms with Gasteiger partial charge in [-0.2, -0.15) is 0 Å². The number of aromatic nitrogens is 1. The molecule has 3 rings (SSSR count). The van der Waals surface area contributed by atoms with Gasteiger partial charge in [0.1, 0.15) is 29.6 Å². The zero-order valence-corrected chi connectivity index (χ0v) is 16.1. The first-order valence-corrected chi connectivity index (χ1v) is 8.81. The minimum Gasteiger partial charge on any atom is -0.489 e. The average molecular weight is 407 g/mol. The Labute approximate surface area is 166 Å². The molecule has 0 N–H and O–H groups in total. The van der Waals surface area contributed by atoms with Crippen LogP contribution in [0.4, 0.5) is 13.2 Å². The van der Waals surface area contributed by atoms with Crippen molar-refractivity contribution in [2.75, 3.05) is 0 Å². The minimum atomic E-state index is -4.71. The monoisotopic (exact) mass is 407 g/mol. The Bertz CT molecular complexity index is 926. The highest BCUT2D eigenvalue weighted by Crippen LogP contribution is 2.29. The first kappa shape index (κ1) is 20.6. The molecule has 0 unspecified atom stereocenters. The zero-order valence-electron chi connectivity index (χ0n) is 16.1. The van der Waals surface area contributed by atoms with Crippen LogP contribution in [0, 0.1) is 0 Å². The number of alkyl halides is 3. The van der Waals surface area contributed by atoms with E-state index < -0.39 is 6.36 Å². The van der Waals surface area contributed by atoms with E-state index in [2.05, 4.69) is 9.89 Å². The molecule has 0 spiro atoms. The Hall–Kier alpha value is -3.16. The van der Waals surface area contributed by atoms with Crippen molar-refractivity contribution in [3.63, 3.8) is 0 Å². The van der Waals surface area contributed by atoms with Crippen molar-refractivity contribution in [1.29, 1.82) is 0 Å². The van der Waals surface area contributed by atoms with Crippen LogP contribution < -0.4 is 14.2 Å². The molecule has 0 radical (unpaired) electrons. The van der Waals surface area contributed by atoms with E-state index in [1.54, 1.807) is 30.3 Å². The van der Waals surface area contributed by atoms with E-state index in [4.69, 9.17) is 14.0 Å². The highest BCUT2D eigenvalue weighted by molar-refractivity contribution is 5.34. The fraction of sp³-hybridized carbons (Fsp3) is 0.286. The maximum atomic E-state index is 12.2. The smallest absolute Gasteiger partial charge is 0.489 e. The third kappa shape index (κ3) is 6.17. The second-order valence-electron chi connectivity index (χ2n) is 7.33. The molecule has 0 amide bonds. The van der Waals surface area contributed by atoms with E-state index in [0.717, 1.165) is 5.76 Å². The number of rotatable bonds is 6. The minimum absolute atomic E-state index is 0.163. The highest BCUT2D eigenvalue weighted by atomic mass is 19.4. The number of ether oxygens (including phenoxy) is 3. The lowest BCUT2D eigenvalue weighted by Gasteiger charge is -2.11. The predicted octanol–water partition coefficient (Wildman–Crippen LogP) is 6.24. The first-order chi connectivity index (χ1) is 13.6. The molecule has 2 aromatic carbocycles. The molecule has 1 aromatic heterocycles. The summed E-state index contributed by atoms with van der Waals surface area (Å²) < 4.78 is 56.9. The molecule has 0 saturated carbocycles. The van der Waals surface area contributed by atoms with Gasteiger partial charge < -0.3 is 18.7 Å². The van der Waals surface area contributed by atoms with E-state index in [1.165, 1.54) is 24.3 Å². The predicted molar refractivity (Wildman–Crippen MR) is 99.2 cm³/mol. The molecule has 154 valence electrons. The number of halogens is 3. The molecule has 5 nitrogen and oxygen atoms in total. The molecule has 0 saturated heterocycles. The Morgan fingerprint density at radius 1 is 0.862 bits per heavy atom. The fourth-order valence-corrected chi connectivity index (χ4v) is 2.34. The highest BCUT2D eigenvalue weighted by Gasteiger charge is 2.30. The molecule has 0 aliphatic carbocycles. The van der Waals surface area contributed by atoms with Crippen molar-refractivity contribution in [1.82, 2.24) is 5.16 Å². The molecular formula is C21H20F3NO4. The van der Waals surface area contributed by atoms with Crippen LogP contribution >= 0.6 is 0 Å². The summed E-state index contributed by atoms with van der Waals surface area (Å²) in [6.45, 7) is 6.24. The Kier molecular flexibility index (Phi) is 5.72. The molecule has 29 heavy (non-hydrogen) atoms. The van der Waals surface area contributed by atoms with E-state index in [-0.39, 0.29) is 17.8 Å². The van der Waals surface area contributed by atoms with Gasteiger partial charge in [-0.1, -0.05) is 32.9 Å². The third-order valence-corrected chi connectivity index (χ3v) is 3.84. The van der Waals surface area contributed by atoms with Crippen LogP contribution in [-0.2, 0) is 12.0 Å². The Morgan fingerprint density at radius 2 is 1.45 bits per heavy atom. The molecule has 0 fully saturated rings. The van der Waals surface area contributed by atoms with Gasteiger partial charge in [-0.05, 0) is 47.1 Å². The SMILES string of the molecule is CC(C)(C)c1cc(Oc2ccc(OCc3ccc(OC(F)(F)F)cc3)cc2)no1. The van der Waals surface area contributed by atoms with Crippen molar-refractivity contribution in [2.45, 2.75) is 39.2 Å². The summed E-state index contributed by atoms with van der Waals surface area (Å²) in [6.07, 6.45) is -4.71. The molecule has 0 aliphatic rings. The summed E-state index contributed by atoms with van der Waals surface area (Å²) in [7, 11) is 0. The quantitative estimate of drug-likeness (QED) is 0.484. The molecule has 1 heterocycles. The van der Waals surface area contributed by atoms with E-state index in [1.807, 2.05) is 20.8 Å². The van der Waals surface area contributed by atoms with E-state index in [0.29, 0.717) is 22.9 Å². The van der Waals surface area contributed by atoms with E-state index in [9.17, 15) is 13.2 Å². The average Bonchev–Trinajstić information content (AvgIpc) is 3.10. The molecule has 8 heteroatoms. The van der Waals surface area contributed by atoms with Gasteiger partial charge in [-0.25, -0.2) is 0 Å². The van der Waals surface area contributed by atoms with Crippen LogP contribution in [0.5, 0.6) is 23.1 Å². The Balaban J connectivity index is 1.53. The van der Waals surface area contributed by atoms with Gasteiger partial charge in [0.25, 0.3) is 5.88 Å². The largest absolute Gasteiger partial charge is 0.573 e. The second kappa shape index (κ2) is 8.06. The van der Waals surface area contributed by atoms with Crippen LogP contribution in [0.25, 0.3) is 0 Å². The van der Waals surface area contributed by atoms with Gasteiger partial charge in [0.2, 0.25) is 0 Å². The number of benzene rings is 2. The summed E-state index contributed by atoms with van der Waals surface area (Å²) in [4.78, 5) is 0. The zero-order chi connectivity index (χ0) is 21.1. The number of nitrogens with zero attached hydrogens (tertiary/aromatic N) is 1. The van der Waals surface area contributed by atoms with Crippen molar-refractivity contribution < 1.29 is 31.9 Å². The van der Waals surface area contributed by atoms with Crippen molar-refractivity contribution in [3.8, 4) is 23.1 Å². The summed E-state index contributed by atoms with van der Waals surface area (Å²) in [5, 5.41) is 3.90. The van der Waals surface area contributed by atoms with Crippen molar-refractivity contribution in [3.05, 3.63) is 65.9 Å². The maximum absolute atomic E-state index is 12.2. The van der Waals surface area contributed by atoms with Gasteiger partial charge in [-0.15, -0.1) is 13.2 Å². The van der Waals surface area contributed by atoms with Gasteiger partial charge in [0.05, 0.1) is 0 Å². The summed E-state index contributed by atoms with van der Waals surface area (Å²) in [5.41, 5.74) is 0.542. The van der Waals surface area contributed by atoms with Crippen LogP contribution in [-0.4, -0.2) is 11.5 Å². The second-order valence-corrected chi connectivity index (χ2v) is 7.33. The number of hydrogen-bond acceptors (Lipinski definition) is 5. The van der Waals surface area contributed by atoms with Crippen LogP contribution in [0.3, 0.4) is 0 Å². The molecule has 3 aromatic rings. The standard InChI is InChI=1S/C21H20F3NO4/c1-20(2,3)18-12-19(25-29-18)27-16-10-8-15(9-11-16)26-13-14-4-6-17(7-5-14)28-21(22,23)24/h4-12H,13H2,1-3H3. The lowest BCUT2D eigenvalue weighted by molar-refractivity contribution is -0.274. The van der Waals surface area contributed by atoms with Gasteiger partial charge in [0.15, 0.2) is 0 Å². The normalized spacial score (nSPS) is 11.9. The summed E-state index contributed by atoms with van der Waals surface area (Å²) >= 11 is 0.